The minimum atomic E-state index is -0.350. The minimum absolute atomic E-state index is 0.350. The van der Waals surface area contributed by atoms with Crippen LogP contribution in [0.25, 0.3) is 11.0 Å². The highest BCUT2D eigenvalue weighted by molar-refractivity contribution is 5.77. The van der Waals surface area contributed by atoms with Crippen molar-refractivity contribution in [1.29, 1.82) is 0 Å². The van der Waals surface area contributed by atoms with Crippen LogP contribution in [-0.4, -0.2) is 31.6 Å². The number of nitrogens with zero attached hydrogens (tertiary/aromatic N) is 1. The third-order valence-electron chi connectivity index (χ3n) is 3.47. The molecule has 0 radical (unpaired) electrons. The second-order valence-electron chi connectivity index (χ2n) is 5.60. The molecule has 1 aromatic heterocycles. The number of hydrogen-bond acceptors (Lipinski definition) is 4. The fourth-order valence-electron chi connectivity index (χ4n) is 2.20. The first-order valence-electron chi connectivity index (χ1n) is 8.11. The van der Waals surface area contributed by atoms with Crippen LogP contribution in [0.2, 0.25) is 0 Å². The Morgan fingerprint density at radius 1 is 1.25 bits per heavy atom. The van der Waals surface area contributed by atoms with Gasteiger partial charge in [-0.3, -0.25) is 4.90 Å². The summed E-state index contributed by atoms with van der Waals surface area (Å²) in [7, 11) is 2.02. The lowest BCUT2D eigenvalue weighted by Crippen LogP contribution is -2.17. The van der Waals surface area contributed by atoms with E-state index in [0.717, 1.165) is 37.7 Å². The van der Waals surface area contributed by atoms with E-state index in [1.54, 1.807) is 12.1 Å². The van der Waals surface area contributed by atoms with Crippen LogP contribution >= 0.6 is 0 Å². The summed E-state index contributed by atoms with van der Waals surface area (Å²) in [6, 6.07) is 8.69. The fraction of sp³-hybridized carbons (Fsp3) is 0.350. The first-order valence-corrected chi connectivity index (χ1v) is 8.11. The van der Waals surface area contributed by atoms with E-state index in [-0.39, 0.29) is 5.63 Å². The van der Waals surface area contributed by atoms with Gasteiger partial charge in [0.05, 0.1) is 13.2 Å². The van der Waals surface area contributed by atoms with Crippen molar-refractivity contribution in [1.82, 2.24) is 4.90 Å². The summed E-state index contributed by atoms with van der Waals surface area (Å²) in [5.41, 5.74) is 0.200. The molecule has 0 unspecified atom stereocenters. The quantitative estimate of drug-likeness (QED) is 0.323. The number of fused-ring (bicyclic) bond motifs is 1. The van der Waals surface area contributed by atoms with Crippen LogP contribution in [0.15, 0.2) is 52.2 Å². The van der Waals surface area contributed by atoms with Gasteiger partial charge in [0.15, 0.2) is 0 Å². The van der Waals surface area contributed by atoms with Gasteiger partial charge in [0.2, 0.25) is 0 Å². The summed E-state index contributed by atoms with van der Waals surface area (Å²) < 4.78 is 10.8. The molecular formula is C20H23NO3. The van der Waals surface area contributed by atoms with Crippen molar-refractivity contribution >= 4 is 11.0 Å². The second kappa shape index (κ2) is 9.59. The topological polar surface area (TPSA) is 42.7 Å². The lowest BCUT2D eigenvalue weighted by atomic mass is 10.2. The lowest BCUT2D eigenvalue weighted by molar-refractivity contribution is 0.307. The van der Waals surface area contributed by atoms with Crippen molar-refractivity contribution in [3.8, 4) is 17.6 Å². The smallest absolute Gasteiger partial charge is 0.336 e. The molecule has 4 nitrogen and oxygen atoms in total. The number of unbranched alkanes of at least 4 members (excludes halogenated alkanes) is 2. The van der Waals surface area contributed by atoms with Crippen molar-refractivity contribution in [2.45, 2.75) is 19.3 Å². The summed E-state index contributed by atoms with van der Waals surface area (Å²) in [4.78, 5) is 13.3. The standard InChI is InChI=1S/C20H23NO3/c1-3-13-21(2)14-7-5-4-6-8-15-23-18-11-9-17-10-12-20(22)24-19(17)16-18/h3,9-12,16H,1,4,6,8,13-15H2,2H3. The maximum Gasteiger partial charge on any atom is 0.336 e. The molecule has 0 spiro atoms. The van der Waals surface area contributed by atoms with Gasteiger partial charge < -0.3 is 9.15 Å². The molecular weight excluding hydrogens is 302 g/mol. The van der Waals surface area contributed by atoms with Crippen LogP contribution in [0.1, 0.15) is 19.3 Å². The summed E-state index contributed by atoms with van der Waals surface area (Å²) in [6.45, 7) is 5.95. The molecule has 0 N–H and O–H groups in total. The third-order valence-corrected chi connectivity index (χ3v) is 3.47. The van der Waals surface area contributed by atoms with Crippen LogP contribution in [0.3, 0.4) is 0 Å². The van der Waals surface area contributed by atoms with E-state index >= 15 is 0 Å². The van der Waals surface area contributed by atoms with Crippen molar-refractivity contribution in [2.75, 3.05) is 26.7 Å². The Bertz CT molecular complexity index is 783. The monoisotopic (exact) mass is 325 g/mol. The van der Waals surface area contributed by atoms with E-state index < -0.39 is 0 Å². The van der Waals surface area contributed by atoms with Crippen LogP contribution in [-0.2, 0) is 0 Å². The average molecular weight is 325 g/mol. The van der Waals surface area contributed by atoms with Crippen LogP contribution in [0.5, 0.6) is 5.75 Å². The predicted octanol–water partition coefficient (Wildman–Crippen LogP) is 3.46. The van der Waals surface area contributed by atoms with E-state index in [1.165, 1.54) is 6.07 Å². The number of rotatable bonds is 8. The van der Waals surface area contributed by atoms with Crippen molar-refractivity contribution < 1.29 is 9.15 Å². The van der Waals surface area contributed by atoms with Crippen LogP contribution < -0.4 is 10.4 Å². The zero-order valence-electron chi connectivity index (χ0n) is 14.1. The number of hydrogen-bond donors (Lipinski definition) is 0. The summed E-state index contributed by atoms with van der Waals surface area (Å²) in [6.07, 6.45) is 4.68. The van der Waals surface area contributed by atoms with E-state index in [2.05, 4.69) is 23.3 Å². The molecule has 126 valence electrons. The normalized spacial score (nSPS) is 10.4. The highest BCUT2D eigenvalue weighted by atomic mass is 16.5. The number of benzene rings is 1. The lowest BCUT2D eigenvalue weighted by Gasteiger charge is -2.08. The van der Waals surface area contributed by atoms with Crippen molar-refractivity contribution in [3.63, 3.8) is 0 Å². The van der Waals surface area contributed by atoms with Gasteiger partial charge >= 0.3 is 5.63 Å². The predicted molar refractivity (Wildman–Crippen MR) is 97.3 cm³/mol. The van der Waals surface area contributed by atoms with Gasteiger partial charge in [0.25, 0.3) is 0 Å². The molecule has 0 bridgehead atoms. The van der Waals surface area contributed by atoms with Gasteiger partial charge in [-0.2, -0.15) is 0 Å². The van der Waals surface area contributed by atoms with Gasteiger partial charge in [-0.25, -0.2) is 4.79 Å². The molecule has 4 heteroatoms. The summed E-state index contributed by atoms with van der Waals surface area (Å²) in [5, 5.41) is 0.888. The Balaban J connectivity index is 1.68. The Labute approximate surface area is 142 Å². The van der Waals surface area contributed by atoms with Gasteiger partial charge in [0, 0.05) is 30.5 Å². The molecule has 1 aromatic carbocycles. The molecule has 1 heterocycles. The number of likely N-dealkylation sites (N-methyl/N-ethyl adjacent to an activating group) is 1. The van der Waals surface area contributed by atoms with Crippen molar-refractivity contribution in [3.05, 3.63) is 53.4 Å². The number of ether oxygens (including phenoxy) is 1. The molecule has 0 atom stereocenters. The summed E-state index contributed by atoms with van der Waals surface area (Å²) in [5.74, 6) is 7.04. The zero-order valence-corrected chi connectivity index (χ0v) is 14.1. The SMILES string of the molecule is C=CCN(C)CC#CCCCCOc1ccc2ccc(=O)oc2c1. The fourth-order valence-corrected chi connectivity index (χ4v) is 2.20. The molecule has 0 saturated heterocycles. The molecule has 0 aliphatic carbocycles. The molecule has 2 aromatic rings. The van der Waals surface area contributed by atoms with Gasteiger partial charge in [-0.05, 0) is 38.1 Å². The Morgan fingerprint density at radius 2 is 2.08 bits per heavy atom. The van der Waals surface area contributed by atoms with E-state index in [9.17, 15) is 4.79 Å². The molecule has 0 amide bonds. The Kier molecular flexibility index (Phi) is 7.13. The minimum Gasteiger partial charge on any atom is -0.493 e. The summed E-state index contributed by atoms with van der Waals surface area (Å²) >= 11 is 0. The van der Waals surface area contributed by atoms with E-state index in [1.807, 2.05) is 25.3 Å². The largest absolute Gasteiger partial charge is 0.493 e. The maximum absolute atomic E-state index is 11.2. The highest BCUT2D eigenvalue weighted by Crippen LogP contribution is 2.19. The first-order chi connectivity index (χ1) is 11.7. The third kappa shape index (κ3) is 5.94. The average Bonchev–Trinajstić information content (AvgIpc) is 2.57. The van der Waals surface area contributed by atoms with Crippen LogP contribution in [0, 0.1) is 11.8 Å². The van der Waals surface area contributed by atoms with E-state index in [0.29, 0.717) is 17.9 Å². The Morgan fingerprint density at radius 3 is 2.92 bits per heavy atom. The zero-order chi connectivity index (χ0) is 17.2. The van der Waals surface area contributed by atoms with Crippen LogP contribution in [0.4, 0.5) is 0 Å². The molecule has 24 heavy (non-hydrogen) atoms. The second-order valence-corrected chi connectivity index (χ2v) is 5.60. The van der Waals surface area contributed by atoms with Gasteiger partial charge in [0.1, 0.15) is 11.3 Å². The molecule has 0 aliphatic rings. The van der Waals surface area contributed by atoms with Crippen molar-refractivity contribution in [2.24, 2.45) is 0 Å². The highest BCUT2D eigenvalue weighted by Gasteiger charge is 2.00. The molecule has 0 aliphatic heterocycles. The first kappa shape index (κ1) is 17.8. The van der Waals surface area contributed by atoms with Gasteiger partial charge in [-0.1, -0.05) is 12.0 Å². The van der Waals surface area contributed by atoms with Gasteiger partial charge in [-0.15, -0.1) is 12.5 Å². The maximum atomic E-state index is 11.2. The molecule has 0 saturated carbocycles. The molecule has 0 fully saturated rings. The Hall–Kier alpha value is -2.51. The van der Waals surface area contributed by atoms with E-state index in [4.69, 9.17) is 9.15 Å². The molecule has 2 rings (SSSR count).